The van der Waals surface area contributed by atoms with Crippen molar-refractivity contribution in [3.8, 4) is 0 Å². The molecule has 2 rings (SSSR count). The van der Waals surface area contributed by atoms with Crippen LogP contribution in [0.3, 0.4) is 0 Å². The van der Waals surface area contributed by atoms with Crippen LogP contribution in [0.4, 0.5) is 8.78 Å². The monoisotopic (exact) mass is 245 g/mol. The summed E-state index contributed by atoms with van der Waals surface area (Å²) in [7, 11) is 0. The Kier molecular flexibility index (Phi) is 3.08. The Bertz CT molecular complexity index is 409. The number of halogens is 2. The summed E-state index contributed by atoms with van der Waals surface area (Å²) in [6.07, 6.45) is 0.189. The number of nitrogens with one attached hydrogen (secondary N) is 1. The molecule has 17 heavy (non-hydrogen) atoms. The number of hydrogen-bond acceptors (Lipinski definition) is 4. The molecule has 1 fully saturated rings. The lowest BCUT2D eigenvalue weighted by Crippen LogP contribution is -2.40. The number of carbonyl (C=O) groups excluding carboxylic acids is 1. The molecule has 1 saturated carbocycles. The van der Waals surface area contributed by atoms with Gasteiger partial charge in [-0.1, -0.05) is 5.16 Å². The molecule has 94 valence electrons. The Morgan fingerprint density at radius 1 is 1.41 bits per heavy atom. The highest BCUT2D eigenvalue weighted by molar-refractivity contribution is 5.93. The van der Waals surface area contributed by atoms with E-state index in [0.29, 0.717) is 5.69 Å². The highest BCUT2D eigenvalue weighted by Crippen LogP contribution is 2.33. The van der Waals surface area contributed by atoms with Gasteiger partial charge in [-0.3, -0.25) is 4.79 Å². The molecule has 1 aromatic rings. The highest BCUT2D eigenvalue weighted by atomic mass is 19.3. The van der Waals surface area contributed by atoms with E-state index in [-0.39, 0.29) is 37.4 Å². The van der Waals surface area contributed by atoms with Crippen LogP contribution in [0.15, 0.2) is 4.63 Å². The lowest BCUT2D eigenvalue weighted by molar-refractivity contribution is -0.0399. The zero-order valence-electron chi connectivity index (χ0n) is 9.37. The van der Waals surface area contributed by atoms with Gasteiger partial charge in [0.2, 0.25) is 5.92 Å². The first-order valence-corrected chi connectivity index (χ1v) is 5.46. The predicted octanol–water partition coefficient (Wildman–Crippen LogP) is 1.69. The summed E-state index contributed by atoms with van der Waals surface area (Å²) in [5.41, 5.74) is 0.506. The third-order valence-corrected chi connectivity index (χ3v) is 2.92. The van der Waals surface area contributed by atoms with E-state index in [0.717, 1.165) is 0 Å². The number of aromatic nitrogens is 2. The molecule has 0 saturated heterocycles. The van der Waals surface area contributed by atoms with Crippen LogP contribution in [-0.4, -0.2) is 28.2 Å². The minimum Gasteiger partial charge on any atom is -0.348 e. The van der Waals surface area contributed by atoms with Gasteiger partial charge in [-0.15, -0.1) is 0 Å². The van der Waals surface area contributed by atoms with Crippen LogP contribution in [0.1, 0.15) is 41.9 Å². The van der Waals surface area contributed by atoms with Gasteiger partial charge in [-0.25, -0.2) is 13.4 Å². The van der Waals surface area contributed by atoms with Crippen LogP contribution in [0.5, 0.6) is 0 Å². The van der Waals surface area contributed by atoms with Crippen molar-refractivity contribution < 1.29 is 18.2 Å². The molecular formula is C10H13F2N3O2. The number of alkyl halides is 2. The van der Waals surface area contributed by atoms with E-state index in [9.17, 15) is 13.6 Å². The lowest BCUT2D eigenvalue weighted by atomic mass is 9.92. The van der Waals surface area contributed by atoms with Crippen molar-refractivity contribution in [2.45, 2.75) is 44.6 Å². The third-order valence-electron chi connectivity index (χ3n) is 2.92. The van der Waals surface area contributed by atoms with E-state index in [1.54, 1.807) is 6.92 Å². The fourth-order valence-electron chi connectivity index (χ4n) is 1.88. The van der Waals surface area contributed by atoms with Crippen molar-refractivity contribution >= 4 is 5.91 Å². The maximum atomic E-state index is 12.9. The standard InChI is InChI=1S/C10H13F2N3O2/c1-6-8(15-17-14-6)9(16)13-7-2-4-10(11,12)5-3-7/h7H,2-5H2,1H3,(H,13,16). The second kappa shape index (κ2) is 4.38. The average Bonchev–Trinajstić information content (AvgIpc) is 2.68. The van der Waals surface area contributed by atoms with E-state index < -0.39 is 11.8 Å². The first kappa shape index (κ1) is 11.9. The lowest BCUT2D eigenvalue weighted by Gasteiger charge is -2.28. The number of nitrogens with zero attached hydrogens (tertiary/aromatic N) is 2. The fraction of sp³-hybridized carbons (Fsp3) is 0.700. The first-order chi connectivity index (χ1) is 7.98. The van der Waals surface area contributed by atoms with Crippen LogP contribution in [0.25, 0.3) is 0 Å². The molecule has 5 nitrogen and oxygen atoms in total. The van der Waals surface area contributed by atoms with Crippen molar-refractivity contribution in [3.63, 3.8) is 0 Å². The molecule has 7 heteroatoms. The van der Waals surface area contributed by atoms with Crippen molar-refractivity contribution in [1.82, 2.24) is 15.6 Å². The summed E-state index contributed by atoms with van der Waals surface area (Å²) in [5, 5.41) is 9.62. The van der Waals surface area contributed by atoms with E-state index in [1.165, 1.54) is 0 Å². The van der Waals surface area contributed by atoms with Gasteiger partial charge < -0.3 is 5.32 Å². The van der Waals surface area contributed by atoms with Crippen LogP contribution in [0, 0.1) is 6.92 Å². The fourth-order valence-corrected chi connectivity index (χ4v) is 1.88. The molecule has 0 spiro atoms. The maximum Gasteiger partial charge on any atom is 0.275 e. The number of rotatable bonds is 2. The number of carbonyl (C=O) groups is 1. The molecule has 1 aromatic heterocycles. The summed E-state index contributed by atoms with van der Waals surface area (Å²) in [6.45, 7) is 1.60. The first-order valence-electron chi connectivity index (χ1n) is 5.46. The molecular weight excluding hydrogens is 232 g/mol. The molecule has 0 radical (unpaired) electrons. The Balaban J connectivity index is 1.91. The van der Waals surface area contributed by atoms with Crippen molar-refractivity contribution in [2.24, 2.45) is 0 Å². The molecule has 0 atom stereocenters. The zero-order chi connectivity index (χ0) is 12.5. The van der Waals surface area contributed by atoms with Crippen LogP contribution < -0.4 is 5.32 Å². The van der Waals surface area contributed by atoms with Crippen molar-refractivity contribution in [2.75, 3.05) is 0 Å². The second-order valence-corrected chi connectivity index (χ2v) is 4.30. The zero-order valence-corrected chi connectivity index (χ0v) is 9.37. The highest BCUT2D eigenvalue weighted by Gasteiger charge is 2.35. The summed E-state index contributed by atoms with van der Waals surface area (Å²) in [6, 6.07) is -0.224. The normalized spacial score (nSPS) is 20.2. The number of aryl methyl sites for hydroxylation is 1. The molecule has 0 aliphatic heterocycles. The van der Waals surface area contributed by atoms with Crippen molar-refractivity contribution in [1.29, 1.82) is 0 Å². The molecule has 0 unspecified atom stereocenters. The van der Waals surface area contributed by atoms with Gasteiger partial charge in [0.05, 0.1) is 0 Å². The molecule has 1 heterocycles. The van der Waals surface area contributed by atoms with E-state index in [2.05, 4.69) is 20.3 Å². The predicted molar refractivity (Wildman–Crippen MR) is 53.7 cm³/mol. The van der Waals surface area contributed by atoms with Crippen LogP contribution in [0.2, 0.25) is 0 Å². The quantitative estimate of drug-likeness (QED) is 0.860. The molecule has 1 N–H and O–H groups in total. The van der Waals surface area contributed by atoms with Gasteiger partial charge in [-0.2, -0.15) is 0 Å². The average molecular weight is 245 g/mol. The van der Waals surface area contributed by atoms with E-state index >= 15 is 0 Å². The summed E-state index contributed by atoms with van der Waals surface area (Å²) in [5.74, 6) is -3.01. The molecule has 1 aliphatic rings. The van der Waals surface area contributed by atoms with Gasteiger partial charge in [0, 0.05) is 18.9 Å². The molecule has 1 aliphatic carbocycles. The smallest absolute Gasteiger partial charge is 0.275 e. The SMILES string of the molecule is Cc1nonc1C(=O)NC1CCC(F)(F)CC1. The summed E-state index contributed by atoms with van der Waals surface area (Å²) >= 11 is 0. The van der Waals surface area contributed by atoms with Gasteiger partial charge in [0.25, 0.3) is 5.91 Å². The van der Waals surface area contributed by atoms with Crippen molar-refractivity contribution in [3.05, 3.63) is 11.4 Å². The second-order valence-electron chi connectivity index (χ2n) is 4.30. The van der Waals surface area contributed by atoms with E-state index in [4.69, 9.17) is 0 Å². The van der Waals surface area contributed by atoms with Gasteiger partial charge >= 0.3 is 0 Å². The topological polar surface area (TPSA) is 68.0 Å². The summed E-state index contributed by atoms with van der Waals surface area (Å²) < 4.78 is 30.2. The Labute approximate surface area is 96.5 Å². The molecule has 0 aromatic carbocycles. The molecule has 1 amide bonds. The van der Waals surface area contributed by atoms with Crippen LogP contribution >= 0.6 is 0 Å². The largest absolute Gasteiger partial charge is 0.348 e. The van der Waals surface area contributed by atoms with Gasteiger partial charge in [-0.05, 0) is 24.9 Å². The summed E-state index contributed by atoms with van der Waals surface area (Å²) in [4.78, 5) is 11.7. The van der Waals surface area contributed by atoms with Crippen LogP contribution in [-0.2, 0) is 0 Å². The maximum absolute atomic E-state index is 12.9. The Morgan fingerprint density at radius 3 is 2.59 bits per heavy atom. The third kappa shape index (κ3) is 2.78. The number of amides is 1. The van der Waals surface area contributed by atoms with Gasteiger partial charge in [0.1, 0.15) is 5.69 Å². The minimum absolute atomic E-state index is 0.113. The Hall–Kier alpha value is -1.53. The molecule has 0 bridgehead atoms. The van der Waals surface area contributed by atoms with Gasteiger partial charge in [0.15, 0.2) is 5.69 Å². The van der Waals surface area contributed by atoms with E-state index in [1.807, 2.05) is 0 Å². The minimum atomic E-state index is -2.59. The number of hydrogen-bond donors (Lipinski definition) is 1. The Morgan fingerprint density at radius 2 is 2.06 bits per heavy atom.